The van der Waals surface area contributed by atoms with Gasteiger partial charge in [0, 0.05) is 5.56 Å². The Bertz CT molecular complexity index is 1060. The molecule has 7 heteroatoms. The molecule has 28 heavy (non-hydrogen) atoms. The van der Waals surface area contributed by atoms with Crippen LogP contribution in [0.2, 0.25) is 0 Å². The lowest BCUT2D eigenvalue weighted by Gasteiger charge is -2.16. The molecule has 0 radical (unpaired) electrons. The summed E-state index contributed by atoms with van der Waals surface area (Å²) in [7, 11) is -1.57. The number of hydrogen-bond acceptors (Lipinski definition) is 4. The summed E-state index contributed by atoms with van der Waals surface area (Å²) in [6, 6.07) is 21.1. The largest absolute Gasteiger partial charge is 0.288 e. The topological polar surface area (TPSA) is 86.7 Å². The third kappa shape index (κ3) is 3.11. The summed E-state index contributed by atoms with van der Waals surface area (Å²) in [6.07, 6.45) is 0. The molecule has 1 aliphatic rings. The van der Waals surface area contributed by atoms with Crippen LogP contribution >= 0.6 is 0 Å². The van der Waals surface area contributed by atoms with Crippen molar-refractivity contribution in [1.29, 1.82) is 0 Å². The van der Waals surface area contributed by atoms with E-state index in [1.807, 2.05) is 30.3 Å². The van der Waals surface area contributed by atoms with Crippen LogP contribution in [0.25, 0.3) is 11.1 Å². The maximum absolute atomic E-state index is 12.7. The Morgan fingerprint density at radius 1 is 0.964 bits per heavy atom. The smallest absolute Gasteiger partial charge is 0.275 e. The van der Waals surface area contributed by atoms with Crippen molar-refractivity contribution in [3.8, 4) is 11.1 Å². The Morgan fingerprint density at radius 3 is 2.39 bits per heavy atom. The lowest BCUT2D eigenvalue weighted by molar-refractivity contribution is 0.0706. The maximum atomic E-state index is 12.7. The van der Waals surface area contributed by atoms with E-state index in [2.05, 4.69) is 0 Å². The molecule has 0 spiro atoms. The molecule has 1 unspecified atom stereocenters. The molecule has 0 saturated heterocycles. The summed E-state index contributed by atoms with van der Waals surface area (Å²) >= 11 is 0. The average molecular weight is 392 g/mol. The van der Waals surface area contributed by atoms with E-state index in [1.54, 1.807) is 47.9 Å². The third-order valence-corrected chi connectivity index (χ3v) is 6.00. The molecule has 0 fully saturated rings. The summed E-state index contributed by atoms with van der Waals surface area (Å²) in [5.74, 6) is -0.911. The fourth-order valence-corrected chi connectivity index (χ4v) is 4.52. The molecule has 6 nitrogen and oxygen atoms in total. The SMILES string of the molecule is O=C(NO)c1ccc(CN2C(=O)c3ccccc3S2=O)cc1-c1ccccc1. The first-order valence-corrected chi connectivity index (χ1v) is 9.66. The lowest BCUT2D eigenvalue weighted by Crippen LogP contribution is -2.26. The minimum Gasteiger partial charge on any atom is -0.288 e. The van der Waals surface area contributed by atoms with E-state index in [-0.39, 0.29) is 12.5 Å². The average Bonchev–Trinajstić information content (AvgIpc) is 2.99. The van der Waals surface area contributed by atoms with Crippen molar-refractivity contribution in [3.05, 3.63) is 89.5 Å². The van der Waals surface area contributed by atoms with Gasteiger partial charge in [0.1, 0.15) is 0 Å². The summed E-state index contributed by atoms with van der Waals surface area (Å²) in [5, 5.41) is 9.04. The van der Waals surface area contributed by atoms with Crippen molar-refractivity contribution in [2.24, 2.45) is 0 Å². The van der Waals surface area contributed by atoms with E-state index in [0.29, 0.717) is 21.6 Å². The zero-order chi connectivity index (χ0) is 19.7. The highest BCUT2D eigenvalue weighted by Crippen LogP contribution is 2.30. The Hall–Kier alpha value is -3.29. The normalized spacial score (nSPS) is 15.4. The van der Waals surface area contributed by atoms with Crippen molar-refractivity contribution < 1.29 is 19.0 Å². The summed E-state index contributed by atoms with van der Waals surface area (Å²) < 4.78 is 14.0. The fraction of sp³-hybridized carbons (Fsp3) is 0.0476. The van der Waals surface area contributed by atoms with Crippen LogP contribution < -0.4 is 5.48 Å². The molecular weight excluding hydrogens is 376 g/mol. The Labute approximate surface area is 164 Å². The van der Waals surface area contributed by atoms with Gasteiger partial charge in [-0.1, -0.05) is 48.5 Å². The molecule has 1 atom stereocenters. The maximum Gasteiger partial charge on any atom is 0.275 e. The van der Waals surface area contributed by atoms with Gasteiger partial charge in [0.15, 0.2) is 11.0 Å². The predicted octanol–water partition coefficient (Wildman–Crippen LogP) is 3.15. The highest BCUT2D eigenvalue weighted by atomic mass is 32.2. The highest BCUT2D eigenvalue weighted by molar-refractivity contribution is 7.83. The van der Waals surface area contributed by atoms with Crippen LogP contribution in [0.4, 0.5) is 0 Å². The highest BCUT2D eigenvalue weighted by Gasteiger charge is 2.34. The van der Waals surface area contributed by atoms with Crippen molar-refractivity contribution in [3.63, 3.8) is 0 Å². The van der Waals surface area contributed by atoms with Crippen LogP contribution in [0.3, 0.4) is 0 Å². The van der Waals surface area contributed by atoms with Crippen molar-refractivity contribution in [1.82, 2.24) is 9.79 Å². The van der Waals surface area contributed by atoms with Gasteiger partial charge in [-0.25, -0.2) is 14.0 Å². The number of hydrogen-bond donors (Lipinski definition) is 2. The second-order valence-corrected chi connectivity index (χ2v) is 7.65. The molecule has 3 aromatic carbocycles. The van der Waals surface area contributed by atoms with E-state index in [0.717, 1.165) is 11.1 Å². The Balaban J connectivity index is 1.71. The van der Waals surface area contributed by atoms with Gasteiger partial charge in [-0.05, 0) is 41.0 Å². The minimum absolute atomic E-state index is 0.140. The molecule has 0 aliphatic carbocycles. The predicted molar refractivity (Wildman–Crippen MR) is 104 cm³/mol. The van der Waals surface area contributed by atoms with Crippen LogP contribution in [0.5, 0.6) is 0 Å². The summed E-state index contributed by atoms with van der Waals surface area (Å²) in [6.45, 7) is 0.140. The molecule has 0 bridgehead atoms. The van der Waals surface area contributed by atoms with Gasteiger partial charge >= 0.3 is 0 Å². The molecule has 2 N–H and O–H groups in total. The first-order chi connectivity index (χ1) is 13.6. The standard InChI is InChI=1S/C21H16N2O4S/c24-20(22-26)16-11-10-14(12-18(16)15-6-2-1-3-7-15)13-23-21(25)17-8-4-5-9-19(17)28(23)27/h1-12,26H,13H2,(H,22,24). The first-order valence-electron chi connectivity index (χ1n) is 8.55. The number of nitrogens with zero attached hydrogens (tertiary/aromatic N) is 1. The molecule has 4 rings (SSSR count). The third-order valence-electron chi connectivity index (χ3n) is 4.57. The molecule has 140 valence electrons. The van der Waals surface area contributed by atoms with Gasteiger partial charge in [-0.2, -0.15) is 0 Å². The van der Waals surface area contributed by atoms with E-state index < -0.39 is 16.9 Å². The molecule has 0 aromatic heterocycles. The summed E-state index contributed by atoms with van der Waals surface area (Å²) in [4.78, 5) is 25.2. The monoisotopic (exact) mass is 392 g/mol. The van der Waals surface area contributed by atoms with Crippen LogP contribution in [-0.4, -0.2) is 25.5 Å². The number of hydroxylamine groups is 1. The number of amides is 2. The quantitative estimate of drug-likeness (QED) is 0.528. The van der Waals surface area contributed by atoms with Gasteiger partial charge in [0.05, 0.1) is 17.0 Å². The molecule has 1 aliphatic heterocycles. The molecular formula is C21H16N2O4S. The summed E-state index contributed by atoms with van der Waals surface area (Å²) in [5.41, 5.74) is 4.53. The van der Waals surface area contributed by atoms with E-state index in [9.17, 15) is 13.8 Å². The van der Waals surface area contributed by atoms with Gasteiger partial charge in [0.25, 0.3) is 11.8 Å². The van der Waals surface area contributed by atoms with Crippen molar-refractivity contribution >= 4 is 22.8 Å². The molecule has 3 aromatic rings. The van der Waals surface area contributed by atoms with E-state index in [4.69, 9.17) is 5.21 Å². The van der Waals surface area contributed by atoms with Crippen molar-refractivity contribution in [2.75, 3.05) is 0 Å². The molecule has 1 heterocycles. The van der Waals surface area contributed by atoms with Crippen LogP contribution in [0.1, 0.15) is 26.3 Å². The Morgan fingerprint density at radius 2 is 1.68 bits per heavy atom. The zero-order valence-corrected chi connectivity index (χ0v) is 15.5. The number of carbonyl (C=O) groups excluding carboxylic acids is 2. The lowest BCUT2D eigenvalue weighted by atomic mass is 9.96. The molecule has 0 saturated carbocycles. The second-order valence-electron chi connectivity index (χ2n) is 6.27. The minimum atomic E-state index is -1.57. The Kier molecular flexibility index (Phi) is 4.77. The van der Waals surface area contributed by atoms with Gasteiger partial charge in [0.2, 0.25) is 0 Å². The van der Waals surface area contributed by atoms with Gasteiger partial charge < -0.3 is 0 Å². The number of rotatable bonds is 4. The van der Waals surface area contributed by atoms with Gasteiger partial charge in [-0.15, -0.1) is 0 Å². The van der Waals surface area contributed by atoms with Crippen LogP contribution in [0, 0.1) is 0 Å². The van der Waals surface area contributed by atoms with Gasteiger partial charge in [-0.3, -0.25) is 14.8 Å². The van der Waals surface area contributed by atoms with Crippen molar-refractivity contribution in [2.45, 2.75) is 11.4 Å². The van der Waals surface area contributed by atoms with E-state index in [1.165, 1.54) is 4.31 Å². The number of nitrogens with one attached hydrogen (secondary N) is 1. The number of carbonyl (C=O) groups is 2. The first kappa shape index (κ1) is 18.1. The molecule has 2 amide bonds. The van der Waals surface area contributed by atoms with Crippen LogP contribution in [-0.2, 0) is 17.5 Å². The number of benzene rings is 3. The second kappa shape index (κ2) is 7.38. The zero-order valence-electron chi connectivity index (χ0n) is 14.7. The number of fused-ring (bicyclic) bond motifs is 1. The van der Waals surface area contributed by atoms with Crippen LogP contribution in [0.15, 0.2) is 77.7 Å². The fourth-order valence-electron chi connectivity index (χ4n) is 3.22. The van der Waals surface area contributed by atoms with E-state index >= 15 is 0 Å².